The van der Waals surface area contributed by atoms with Crippen LogP contribution in [0.4, 0.5) is 0 Å². The largest absolute Gasteiger partial charge is 0.491 e. The van der Waals surface area contributed by atoms with Gasteiger partial charge in [0.1, 0.15) is 11.7 Å². The fraction of sp³-hybridized carbons (Fsp3) is 0.324. The molecule has 1 unspecified atom stereocenters. The van der Waals surface area contributed by atoms with Crippen LogP contribution >= 0.6 is 11.6 Å². The summed E-state index contributed by atoms with van der Waals surface area (Å²) >= 11 is 6.11. The molecule has 0 N–H and O–H groups in total. The summed E-state index contributed by atoms with van der Waals surface area (Å²) in [5, 5.41) is 0.660. The van der Waals surface area contributed by atoms with Crippen molar-refractivity contribution >= 4 is 29.1 Å². The number of nitrogens with zero attached hydrogens (tertiary/aromatic N) is 1. The lowest BCUT2D eigenvalue weighted by Gasteiger charge is -2.37. The number of hydrogen-bond acceptors (Lipinski definition) is 5. The minimum atomic E-state index is -0.720. The van der Waals surface area contributed by atoms with Crippen molar-refractivity contribution in [3.05, 3.63) is 112 Å². The number of esters is 1. The molecule has 1 aliphatic heterocycles. The van der Waals surface area contributed by atoms with Gasteiger partial charge in [-0.2, -0.15) is 0 Å². The Labute approximate surface area is 240 Å². The highest BCUT2D eigenvalue weighted by Gasteiger charge is 2.45. The summed E-state index contributed by atoms with van der Waals surface area (Å²) in [4.78, 5) is 32.5. The van der Waals surface area contributed by atoms with Gasteiger partial charge in [0, 0.05) is 46.3 Å². The maximum atomic E-state index is 13.9. The van der Waals surface area contributed by atoms with E-state index in [9.17, 15) is 9.59 Å². The van der Waals surface area contributed by atoms with Crippen LogP contribution in [0.2, 0.25) is 5.02 Å². The van der Waals surface area contributed by atoms with Gasteiger partial charge in [0.15, 0.2) is 5.78 Å². The first-order chi connectivity index (χ1) is 19.3. The molecule has 40 heavy (non-hydrogen) atoms. The van der Waals surface area contributed by atoms with Crippen molar-refractivity contribution in [2.75, 3.05) is 6.61 Å². The highest BCUT2D eigenvalue weighted by Crippen LogP contribution is 2.48. The van der Waals surface area contributed by atoms with Crippen LogP contribution in [0.15, 0.2) is 95.1 Å². The number of ketones is 1. The molecule has 0 spiro atoms. The van der Waals surface area contributed by atoms with Crippen molar-refractivity contribution < 1.29 is 19.1 Å². The normalized spacial score (nSPS) is 20.7. The molecule has 5 nitrogen and oxygen atoms in total. The van der Waals surface area contributed by atoms with E-state index in [1.165, 1.54) is 0 Å². The Morgan fingerprint density at radius 2 is 1.68 bits per heavy atom. The highest BCUT2D eigenvalue weighted by molar-refractivity contribution is 6.30. The molecule has 0 radical (unpaired) electrons. The van der Waals surface area contributed by atoms with Crippen LogP contribution in [-0.2, 0) is 20.7 Å². The number of hydrogen-bond donors (Lipinski definition) is 0. The minimum absolute atomic E-state index is 0.00255. The quantitative estimate of drug-likeness (QED) is 0.270. The summed E-state index contributed by atoms with van der Waals surface area (Å²) in [6.45, 7) is 6.05. The summed E-state index contributed by atoms with van der Waals surface area (Å²) < 4.78 is 12.0. The van der Waals surface area contributed by atoms with E-state index in [0.29, 0.717) is 41.3 Å². The minimum Gasteiger partial charge on any atom is -0.491 e. The van der Waals surface area contributed by atoms with Crippen LogP contribution < -0.4 is 4.74 Å². The van der Waals surface area contributed by atoms with Crippen molar-refractivity contribution in [2.45, 2.75) is 58.0 Å². The summed E-state index contributed by atoms with van der Waals surface area (Å²) in [6.07, 6.45) is 1.50. The number of carbonyl (C=O) groups is 2. The predicted octanol–water partition coefficient (Wildman–Crippen LogP) is 7.49. The first-order valence-corrected chi connectivity index (χ1v) is 14.2. The van der Waals surface area contributed by atoms with Crippen LogP contribution in [0.5, 0.6) is 5.75 Å². The monoisotopic (exact) mass is 555 g/mol. The Kier molecular flexibility index (Phi) is 8.51. The lowest BCUT2D eigenvalue weighted by Crippen LogP contribution is -2.38. The topological polar surface area (TPSA) is 65.0 Å². The fourth-order valence-electron chi connectivity index (χ4n) is 5.77. The first-order valence-electron chi connectivity index (χ1n) is 13.8. The summed E-state index contributed by atoms with van der Waals surface area (Å²) in [5.41, 5.74) is 4.95. The second kappa shape index (κ2) is 12.2. The SMILES string of the molecule is CC1=NC2=C(C(=O)C[C@@H](c3ccc(Cl)cc3)C2)[C@@H](c2ccccc2OC(C)C)C1C(=O)OCCc1ccccc1. The lowest BCUT2D eigenvalue weighted by molar-refractivity contribution is -0.146. The number of carbonyl (C=O) groups excluding carboxylic acids is 2. The molecule has 0 saturated heterocycles. The first kappa shape index (κ1) is 27.9. The van der Waals surface area contributed by atoms with Gasteiger partial charge in [-0.3, -0.25) is 14.6 Å². The van der Waals surface area contributed by atoms with Gasteiger partial charge in [-0.05, 0) is 62.4 Å². The molecular weight excluding hydrogens is 522 g/mol. The Balaban J connectivity index is 1.51. The summed E-state index contributed by atoms with van der Waals surface area (Å²) in [7, 11) is 0. The molecule has 3 atom stereocenters. The van der Waals surface area contributed by atoms with Gasteiger partial charge in [0.25, 0.3) is 0 Å². The number of ether oxygens (including phenoxy) is 2. The van der Waals surface area contributed by atoms with Crippen LogP contribution in [0.25, 0.3) is 0 Å². The van der Waals surface area contributed by atoms with Gasteiger partial charge < -0.3 is 9.47 Å². The molecule has 1 heterocycles. The van der Waals surface area contributed by atoms with E-state index in [-0.39, 0.29) is 30.4 Å². The van der Waals surface area contributed by atoms with Crippen LogP contribution in [0.1, 0.15) is 62.1 Å². The third-order valence-corrected chi connectivity index (χ3v) is 7.83. The molecule has 0 aromatic heterocycles. The van der Waals surface area contributed by atoms with Gasteiger partial charge in [-0.1, -0.05) is 72.3 Å². The molecule has 206 valence electrons. The molecule has 0 fully saturated rings. The van der Waals surface area contributed by atoms with Crippen molar-refractivity contribution in [3.63, 3.8) is 0 Å². The summed E-state index contributed by atoms with van der Waals surface area (Å²) in [6, 6.07) is 25.3. The number of para-hydroxylation sites is 1. The van der Waals surface area contributed by atoms with Crippen molar-refractivity contribution in [1.29, 1.82) is 0 Å². The summed E-state index contributed by atoms with van der Waals surface area (Å²) in [5.74, 6) is -0.964. The van der Waals surface area contributed by atoms with E-state index in [1.54, 1.807) is 0 Å². The van der Waals surface area contributed by atoms with E-state index in [4.69, 9.17) is 26.1 Å². The van der Waals surface area contributed by atoms with Crippen LogP contribution in [-0.4, -0.2) is 30.2 Å². The van der Waals surface area contributed by atoms with Crippen molar-refractivity contribution in [3.8, 4) is 5.75 Å². The zero-order chi connectivity index (χ0) is 28.2. The maximum absolute atomic E-state index is 13.9. The molecular formula is C34H34ClNO4. The molecule has 6 heteroatoms. The molecule has 0 amide bonds. The van der Waals surface area contributed by atoms with E-state index < -0.39 is 11.8 Å². The lowest BCUT2D eigenvalue weighted by atomic mass is 9.69. The molecule has 3 aromatic rings. The molecule has 1 aliphatic carbocycles. The van der Waals surface area contributed by atoms with Gasteiger partial charge in [0.05, 0.1) is 12.7 Å². The van der Waals surface area contributed by atoms with Crippen LogP contribution in [0.3, 0.4) is 0 Å². The molecule has 0 saturated carbocycles. The number of halogens is 1. The zero-order valence-electron chi connectivity index (χ0n) is 23.1. The predicted molar refractivity (Wildman–Crippen MR) is 158 cm³/mol. The molecule has 0 bridgehead atoms. The molecule has 5 rings (SSSR count). The highest BCUT2D eigenvalue weighted by atomic mass is 35.5. The van der Waals surface area contributed by atoms with E-state index in [0.717, 1.165) is 22.4 Å². The smallest absolute Gasteiger partial charge is 0.315 e. The third-order valence-electron chi connectivity index (χ3n) is 7.58. The van der Waals surface area contributed by atoms with Gasteiger partial charge >= 0.3 is 5.97 Å². The average Bonchev–Trinajstić information content (AvgIpc) is 2.93. The van der Waals surface area contributed by atoms with Crippen LogP contribution in [0, 0.1) is 5.92 Å². The van der Waals surface area contributed by atoms with E-state index >= 15 is 0 Å². The number of allylic oxidation sites excluding steroid dienone is 2. The van der Waals surface area contributed by atoms with Gasteiger partial charge in [-0.25, -0.2) is 0 Å². The van der Waals surface area contributed by atoms with Gasteiger partial charge in [-0.15, -0.1) is 0 Å². The molecule has 3 aromatic carbocycles. The third kappa shape index (κ3) is 6.05. The number of Topliss-reactive ketones (excluding diaryl/α,β-unsaturated/α-hetero) is 1. The maximum Gasteiger partial charge on any atom is 0.315 e. The van der Waals surface area contributed by atoms with Crippen molar-refractivity contribution in [1.82, 2.24) is 0 Å². The fourth-order valence-corrected chi connectivity index (χ4v) is 5.90. The Bertz CT molecular complexity index is 1440. The van der Waals surface area contributed by atoms with Gasteiger partial charge in [0.2, 0.25) is 0 Å². The Hall–Kier alpha value is -3.70. The number of aliphatic imine (C=N–C) groups is 1. The zero-order valence-corrected chi connectivity index (χ0v) is 23.9. The number of benzene rings is 3. The Morgan fingerprint density at radius 1 is 0.975 bits per heavy atom. The second-order valence-electron chi connectivity index (χ2n) is 10.8. The molecule has 2 aliphatic rings. The standard InChI is InChI=1S/C34H34ClNO4/c1-21(2)40-30-12-8-7-11-27(30)32-31(34(38)39-18-17-23-9-5-4-6-10-23)22(3)36-28-19-25(20-29(37)33(28)32)24-13-15-26(35)16-14-24/h4-16,21,25,31-32H,17-20H2,1-3H3/t25-,31?,32-/m0/s1. The second-order valence-corrected chi connectivity index (χ2v) is 11.2. The van der Waals surface area contributed by atoms with Crippen molar-refractivity contribution in [2.24, 2.45) is 10.9 Å². The average molecular weight is 556 g/mol. The van der Waals surface area contributed by atoms with E-state index in [1.807, 2.05) is 99.6 Å². The number of rotatable bonds is 8. The van der Waals surface area contributed by atoms with E-state index in [2.05, 4.69) is 0 Å². The Morgan fingerprint density at radius 3 is 2.40 bits per heavy atom.